The van der Waals surface area contributed by atoms with Crippen LogP contribution in [0, 0.1) is 6.92 Å². The van der Waals surface area contributed by atoms with Crippen molar-refractivity contribution in [3.8, 4) is 5.75 Å². The number of hydrogen-bond acceptors (Lipinski definition) is 3. The summed E-state index contributed by atoms with van der Waals surface area (Å²) in [5, 5.41) is 2.78. The Balaban J connectivity index is 1.90. The minimum atomic E-state index is -0.794. The number of ether oxygens (including phenoxy) is 1. The first-order valence-electron chi connectivity index (χ1n) is 7.20. The van der Waals surface area contributed by atoms with Crippen LogP contribution in [0.1, 0.15) is 25.8 Å². The van der Waals surface area contributed by atoms with Crippen molar-refractivity contribution in [1.29, 1.82) is 0 Å². The maximum Gasteiger partial charge on any atom is 0.245 e. The van der Waals surface area contributed by atoms with Gasteiger partial charge in [0, 0.05) is 13.1 Å². The first-order chi connectivity index (χ1) is 9.93. The normalized spacial score (nSPS) is 17.3. The summed E-state index contributed by atoms with van der Waals surface area (Å²) in [4.78, 5) is 25.8. The van der Waals surface area contributed by atoms with Crippen molar-refractivity contribution in [2.45, 2.75) is 32.7 Å². The number of carbonyl (C=O) groups is 2. The average Bonchev–Trinajstić information content (AvgIpc) is 2.43. The van der Waals surface area contributed by atoms with Gasteiger partial charge in [-0.1, -0.05) is 18.2 Å². The zero-order valence-electron chi connectivity index (χ0n) is 12.8. The van der Waals surface area contributed by atoms with E-state index in [1.165, 1.54) is 0 Å². The van der Waals surface area contributed by atoms with E-state index < -0.39 is 5.54 Å². The number of piperazine rings is 1. The van der Waals surface area contributed by atoms with Crippen LogP contribution in [0.15, 0.2) is 24.3 Å². The minimum absolute atomic E-state index is 0.0524. The number of aryl methyl sites for hydroxylation is 1. The Labute approximate surface area is 125 Å². The Morgan fingerprint density at radius 2 is 2.10 bits per heavy atom. The molecule has 0 aliphatic carbocycles. The smallest absolute Gasteiger partial charge is 0.245 e. The summed E-state index contributed by atoms with van der Waals surface area (Å²) in [5.74, 6) is 0.631. The van der Waals surface area contributed by atoms with E-state index in [2.05, 4.69) is 5.32 Å². The third-order valence-corrected chi connectivity index (χ3v) is 3.82. The fourth-order valence-electron chi connectivity index (χ4n) is 2.44. The van der Waals surface area contributed by atoms with Crippen molar-refractivity contribution in [1.82, 2.24) is 10.2 Å². The summed E-state index contributed by atoms with van der Waals surface area (Å²) >= 11 is 0. The molecule has 1 heterocycles. The lowest BCUT2D eigenvalue weighted by Gasteiger charge is -2.41. The lowest BCUT2D eigenvalue weighted by atomic mass is 9.98. The van der Waals surface area contributed by atoms with Crippen LogP contribution < -0.4 is 10.1 Å². The number of para-hydroxylation sites is 1. The quantitative estimate of drug-likeness (QED) is 0.914. The van der Waals surface area contributed by atoms with E-state index in [4.69, 9.17) is 4.74 Å². The summed E-state index contributed by atoms with van der Waals surface area (Å²) < 4.78 is 5.65. The molecule has 21 heavy (non-hydrogen) atoms. The maximum atomic E-state index is 12.3. The average molecular weight is 290 g/mol. The molecule has 1 aliphatic rings. The fraction of sp³-hybridized carbons (Fsp3) is 0.500. The predicted molar refractivity (Wildman–Crippen MR) is 80.1 cm³/mol. The zero-order valence-corrected chi connectivity index (χ0v) is 12.8. The van der Waals surface area contributed by atoms with Gasteiger partial charge in [-0.2, -0.15) is 0 Å². The monoisotopic (exact) mass is 290 g/mol. The summed E-state index contributed by atoms with van der Waals surface area (Å²) in [5.41, 5.74) is 0.250. The molecule has 0 radical (unpaired) electrons. The lowest BCUT2D eigenvalue weighted by molar-refractivity contribution is -0.149. The third-order valence-electron chi connectivity index (χ3n) is 3.82. The number of hydrogen-bond donors (Lipinski definition) is 1. The third kappa shape index (κ3) is 3.35. The highest BCUT2D eigenvalue weighted by Gasteiger charge is 2.39. The van der Waals surface area contributed by atoms with Crippen molar-refractivity contribution in [3.05, 3.63) is 29.8 Å². The topological polar surface area (TPSA) is 58.6 Å². The molecule has 1 aromatic carbocycles. The van der Waals surface area contributed by atoms with Crippen LogP contribution in [0.3, 0.4) is 0 Å². The van der Waals surface area contributed by atoms with E-state index in [1.807, 2.05) is 31.2 Å². The van der Waals surface area contributed by atoms with Crippen LogP contribution in [0.5, 0.6) is 5.75 Å². The lowest BCUT2D eigenvalue weighted by Crippen LogP contribution is -2.63. The molecule has 114 valence electrons. The Bertz CT molecular complexity index is 540. The molecular weight excluding hydrogens is 268 g/mol. The molecule has 0 atom stereocenters. The Morgan fingerprint density at radius 1 is 1.38 bits per heavy atom. The molecule has 2 rings (SSSR count). The molecule has 2 amide bonds. The highest BCUT2D eigenvalue weighted by Crippen LogP contribution is 2.20. The van der Waals surface area contributed by atoms with Crippen molar-refractivity contribution < 1.29 is 14.3 Å². The van der Waals surface area contributed by atoms with Gasteiger partial charge in [-0.25, -0.2) is 0 Å². The van der Waals surface area contributed by atoms with Crippen molar-refractivity contribution in [3.63, 3.8) is 0 Å². The predicted octanol–water partition coefficient (Wildman–Crippen LogP) is 1.50. The molecule has 0 unspecified atom stereocenters. The molecule has 0 saturated carbocycles. The summed E-state index contributed by atoms with van der Waals surface area (Å²) in [6, 6.07) is 7.71. The van der Waals surface area contributed by atoms with Crippen LogP contribution in [0.4, 0.5) is 0 Å². The maximum absolute atomic E-state index is 12.3. The Hall–Kier alpha value is -2.04. The second kappa shape index (κ2) is 6.16. The zero-order chi connectivity index (χ0) is 15.5. The molecule has 0 bridgehead atoms. The van der Waals surface area contributed by atoms with Crippen LogP contribution in [-0.4, -0.2) is 41.9 Å². The van der Waals surface area contributed by atoms with Gasteiger partial charge in [-0.3, -0.25) is 9.59 Å². The van der Waals surface area contributed by atoms with Gasteiger partial charge in [0.25, 0.3) is 0 Å². The van der Waals surface area contributed by atoms with E-state index in [0.717, 1.165) is 11.3 Å². The van der Waals surface area contributed by atoms with Crippen molar-refractivity contribution in [2.24, 2.45) is 0 Å². The summed E-state index contributed by atoms with van der Waals surface area (Å²) in [6.07, 6.45) is 0.269. The van der Waals surface area contributed by atoms with E-state index in [1.54, 1.807) is 18.7 Å². The van der Waals surface area contributed by atoms with Gasteiger partial charge in [-0.15, -0.1) is 0 Å². The van der Waals surface area contributed by atoms with Gasteiger partial charge >= 0.3 is 0 Å². The van der Waals surface area contributed by atoms with Crippen LogP contribution in [0.2, 0.25) is 0 Å². The standard InChI is InChI=1S/C16H22N2O3/c1-12-6-4-5-7-13(12)21-11-8-14(19)18-10-9-17-15(20)16(18,2)3/h4-7H,8-11H2,1-3H3,(H,17,20). The van der Waals surface area contributed by atoms with E-state index in [-0.39, 0.29) is 18.2 Å². The van der Waals surface area contributed by atoms with Gasteiger partial charge in [0.1, 0.15) is 11.3 Å². The first kappa shape index (κ1) is 15.4. The van der Waals surface area contributed by atoms with Gasteiger partial charge in [-0.05, 0) is 32.4 Å². The minimum Gasteiger partial charge on any atom is -0.493 e. The first-order valence-corrected chi connectivity index (χ1v) is 7.20. The van der Waals surface area contributed by atoms with Gasteiger partial charge in [0.05, 0.1) is 13.0 Å². The molecule has 5 nitrogen and oxygen atoms in total. The molecular formula is C16H22N2O3. The number of nitrogens with zero attached hydrogens (tertiary/aromatic N) is 1. The molecule has 1 aromatic rings. The molecule has 0 spiro atoms. The second-order valence-electron chi connectivity index (χ2n) is 5.72. The number of benzene rings is 1. The highest BCUT2D eigenvalue weighted by atomic mass is 16.5. The number of amides is 2. The Kier molecular flexibility index (Phi) is 4.50. The van der Waals surface area contributed by atoms with Gasteiger partial charge in [0.2, 0.25) is 11.8 Å². The highest BCUT2D eigenvalue weighted by molar-refractivity contribution is 5.91. The van der Waals surface area contributed by atoms with Crippen LogP contribution in [-0.2, 0) is 9.59 Å². The molecule has 5 heteroatoms. The molecule has 1 N–H and O–H groups in total. The summed E-state index contributed by atoms with van der Waals surface area (Å²) in [6.45, 7) is 6.87. The van der Waals surface area contributed by atoms with Gasteiger partial charge < -0.3 is 15.0 Å². The number of nitrogens with one attached hydrogen (secondary N) is 1. The number of rotatable bonds is 4. The SMILES string of the molecule is Cc1ccccc1OCCC(=O)N1CCNC(=O)C1(C)C. The van der Waals surface area contributed by atoms with Crippen LogP contribution >= 0.6 is 0 Å². The van der Waals surface area contributed by atoms with Crippen molar-refractivity contribution in [2.75, 3.05) is 19.7 Å². The van der Waals surface area contributed by atoms with E-state index in [0.29, 0.717) is 19.7 Å². The molecule has 0 aromatic heterocycles. The Morgan fingerprint density at radius 3 is 2.81 bits per heavy atom. The van der Waals surface area contributed by atoms with Crippen LogP contribution in [0.25, 0.3) is 0 Å². The summed E-state index contributed by atoms with van der Waals surface area (Å²) in [7, 11) is 0. The van der Waals surface area contributed by atoms with E-state index >= 15 is 0 Å². The molecule has 1 fully saturated rings. The largest absolute Gasteiger partial charge is 0.493 e. The number of carbonyl (C=O) groups excluding carboxylic acids is 2. The second-order valence-corrected chi connectivity index (χ2v) is 5.72. The fourth-order valence-corrected chi connectivity index (χ4v) is 2.44. The molecule has 1 saturated heterocycles. The molecule has 1 aliphatic heterocycles. The van der Waals surface area contributed by atoms with E-state index in [9.17, 15) is 9.59 Å². The van der Waals surface area contributed by atoms with Crippen molar-refractivity contribution >= 4 is 11.8 Å². The van der Waals surface area contributed by atoms with Gasteiger partial charge in [0.15, 0.2) is 0 Å².